The van der Waals surface area contributed by atoms with Crippen LogP contribution in [0.4, 0.5) is 5.69 Å². The summed E-state index contributed by atoms with van der Waals surface area (Å²) in [7, 11) is 1.64. The van der Waals surface area contributed by atoms with Gasteiger partial charge in [-0.15, -0.1) is 0 Å². The molecule has 25 heavy (non-hydrogen) atoms. The third-order valence-electron chi connectivity index (χ3n) is 4.02. The summed E-state index contributed by atoms with van der Waals surface area (Å²) in [5.41, 5.74) is 2.52. The van der Waals surface area contributed by atoms with Gasteiger partial charge in [0.2, 0.25) is 5.91 Å². The topological polar surface area (TPSA) is 69.0 Å². The van der Waals surface area contributed by atoms with Crippen molar-refractivity contribution >= 4 is 22.6 Å². The van der Waals surface area contributed by atoms with Gasteiger partial charge in [0.05, 0.1) is 25.2 Å². The third-order valence-corrected chi connectivity index (χ3v) is 4.02. The number of nitrogens with zero attached hydrogens (tertiary/aromatic N) is 3. The number of para-hydroxylation sites is 1. The molecule has 0 saturated heterocycles. The minimum Gasteiger partial charge on any atom is -0.496 e. The van der Waals surface area contributed by atoms with Crippen LogP contribution in [0.3, 0.4) is 0 Å². The Morgan fingerprint density at radius 2 is 2.08 bits per heavy atom. The molecular weight excluding hydrogens is 316 g/mol. The molecule has 130 valence electrons. The largest absolute Gasteiger partial charge is 0.496 e. The molecular formula is C19H22N4O2. The standard InChI is InChI=1S/C19H22N4O2/c1-13(2)23-19-15(11-21-23)10-16(12-20-19)22-18(24)9-8-14-6-4-5-7-17(14)25-3/h4-7,10-13H,8-9H2,1-3H3,(H,22,24). The summed E-state index contributed by atoms with van der Waals surface area (Å²) in [5, 5.41) is 8.15. The molecule has 0 aliphatic heterocycles. The predicted molar refractivity (Wildman–Crippen MR) is 97.9 cm³/mol. The summed E-state index contributed by atoms with van der Waals surface area (Å²) < 4.78 is 7.18. The van der Waals surface area contributed by atoms with E-state index in [4.69, 9.17) is 4.74 Å². The summed E-state index contributed by atoms with van der Waals surface area (Å²) in [5.74, 6) is 0.753. The SMILES string of the molecule is COc1ccccc1CCC(=O)Nc1cnc2c(cnn2C(C)C)c1. The minimum absolute atomic E-state index is 0.0525. The number of rotatable bonds is 6. The molecule has 0 aliphatic carbocycles. The highest BCUT2D eigenvalue weighted by Crippen LogP contribution is 2.21. The van der Waals surface area contributed by atoms with E-state index < -0.39 is 0 Å². The second-order valence-electron chi connectivity index (χ2n) is 6.18. The van der Waals surface area contributed by atoms with Crippen LogP contribution in [-0.2, 0) is 11.2 Å². The van der Waals surface area contributed by atoms with Gasteiger partial charge in [-0.3, -0.25) is 4.79 Å². The molecule has 0 spiro atoms. The number of carbonyl (C=O) groups is 1. The molecule has 3 rings (SSSR count). The highest BCUT2D eigenvalue weighted by atomic mass is 16.5. The van der Waals surface area contributed by atoms with Crippen LogP contribution in [0.2, 0.25) is 0 Å². The van der Waals surface area contributed by atoms with Crippen LogP contribution in [0.15, 0.2) is 42.7 Å². The molecule has 0 aliphatic rings. The Morgan fingerprint density at radius 1 is 1.28 bits per heavy atom. The predicted octanol–water partition coefficient (Wildman–Crippen LogP) is 3.59. The van der Waals surface area contributed by atoms with E-state index >= 15 is 0 Å². The number of benzene rings is 1. The molecule has 2 aromatic heterocycles. The molecule has 0 fully saturated rings. The van der Waals surface area contributed by atoms with E-state index in [2.05, 4.69) is 29.2 Å². The van der Waals surface area contributed by atoms with Gasteiger partial charge in [-0.1, -0.05) is 18.2 Å². The fraction of sp³-hybridized carbons (Fsp3) is 0.316. The molecule has 0 saturated carbocycles. The van der Waals surface area contributed by atoms with E-state index in [1.165, 1.54) is 0 Å². The zero-order chi connectivity index (χ0) is 17.8. The molecule has 1 amide bonds. The summed E-state index contributed by atoms with van der Waals surface area (Å²) in [6, 6.07) is 9.87. The van der Waals surface area contributed by atoms with Crippen molar-refractivity contribution in [2.45, 2.75) is 32.7 Å². The second-order valence-corrected chi connectivity index (χ2v) is 6.18. The number of anilines is 1. The summed E-state index contributed by atoms with van der Waals surface area (Å²) in [6.45, 7) is 4.11. The lowest BCUT2D eigenvalue weighted by Gasteiger charge is -2.09. The van der Waals surface area contributed by atoms with Crippen LogP contribution in [0.5, 0.6) is 5.75 Å². The Labute approximate surface area is 146 Å². The number of amides is 1. The van der Waals surface area contributed by atoms with Crippen molar-refractivity contribution in [1.29, 1.82) is 0 Å². The molecule has 6 nitrogen and oxygen atoms in total. The van der Waals surface area contributed by atoms with Gasteiger partial charge in [0.25, 0.3) is 0 Å². The summed E-state index contributed by atoms with van der Waals surface area (Å²) in [4.78, 5) is 16.7. The first-order valence-corrected chi connectivity index (χ1v) is 8.33. The zero-order valence-corrected chi connectivity index (χ0v) is 14.7. The molecule has 6 heteroatoms. The first-order chi connectivity index (χ1) is 12.1. The number of methoxy groups -OCH3 is 1. The van der Waals surface area contributed by atoms with Crippen LogP contribution >= 0.6 is 0 Å². The van der Waals surface area contributed by atoms with Gasteiger partial charge < -0.3 is 10.1 Å². The normalized spacial score (nSPS) is 11.0. The van der Waals surface area contributed by atoms with Crippen LogP contribution in [-0.4, -0.2) is 27.8 Å². The minimum atomic E-state index is -0.0525. The Kier molecular flexibility index (Phi) is 4.97. The highest BCUT2D eigenvalue weighted by Gasteiger charge is 2.10. The Hall–Kier alpha value is -2.89. The number of aromatic nitrogens is 3. The number of fused-ring (bicyclic) bond motifs is 1. The maximum Gasteiger partial charge on any atom is 0.224 e. The molecule has 0 atom stereocenters. The lowest BCUT2D eigenvalue weighted by Crippen LogP contribution is -2.13. The molecule has 0 radical (unpaired) electrons. The average Bonchev–Trinajstić information content (AvgIpc) is 3.03. The Balaban J connectivity index is 1.66. The number of hydrogen-bond donors (Lipinski definition) is 1. The first-order valence-electron chi connectivity index (χ1n) is 8.33. The lowest BCUT2D eigenvalue weighted by molar-refractivity contribution is -0.116. The molecule has 0 unspecified atom stereocenters. The van der Waals surface area contributed by atoms with Gasteiger partial charge in [0.15, 0.2) is 5.65 Å². The van der Waals surface area contributed by atoms with Crippen LogP contribution < -0.4 is 10.1 Å². The fourth-order valence-electron chi connectivity index (χ4n) is 2.77. The van der Waals surface area contributed by atoms with Gasteiger partial charge in [0, 0.05) is 17.8 Å². The average molecular weight is 338 g/mol. The van der Waals surface area contributed by atoms with E-state index in [9.17, 15) is 4.79 Å². The van der Waals surface area contributed by atoms with Crippen molar-refractivity contribution in [3.63, 3.8) is 0 Å². The Bertz CT molecular complexity index is 886. The Morgan fingerprint density at radius 3 is 2.84 bits per heavy atom. The third kappa shape index (κ3) is 3.79. The number of nitrogens with one attached hydrogen (secondary N) is 1. The van der Waals surface area contributed by atoms with E-state index in [-0.39, 0.29) is 11.9 Å². The van der Waals surface area contributed by atoms with E-state index in [0.717, 1.165) is 22.3 Å². The van der Waals surface area contributed by atoms with E-state index in [1.807, 2.05) is 35.0 Å². The number of aryl methyl sites for hydroxylation is 1. The van der Waals surface area contributed by atoms with Crippen LogP contribution in [0.25, 0.3) is 11.0 Å². The van der Waals surface area contributed by atoms with Crippen molar-refractivity contribution in [2.24, 2.45) is 0 Å². The lowest BCUT2D eigenvalue weighted by atomic mass is 10.1. The molecule has 3 aromatic rings. The van der Waals surface area contributed by atoms with E-state index in [0.29, 0.717) is 18.5 Å². The number of ether oxygens (including phenoxy) is 1. The van der Waals surface area contributed by atoms with Gasteiger partial charge in [-0.25, -0.2) is 9.67 Å². The maximum absolute atomic E-state index is 12.2. The molecule has 2 heterocycles. The fourth-order valence-corrected chi connectivity index (χ4v) is 2.77. The smallest absolute Gasteiger partial charge is 0.224 e. The van der Waals surface area contributed by atoms with Gasteiger partial charge in [0.1, 0.15) is 5.75 Å². The van der Waals surface area contributed by atoms with Gasteiger partial charge >= 0.3 is 0 Å². The number of carbonyl (C=O) groups excluding carboxylic acids is 1. The van der Waals surface area contributed by atoms with Crippen molar-refractivity contribution in [3.05, 3.63) is 48.3 Å². The summed E-state index contributed by atoms with van der Waals surface area (Å²) >= 11 is 0. The molecule has 0 bridgehead atoms. The molecule has 1 aromatic carbocycles. The van der Waals surface area contributed by atoms with Crippen molar-refractivity contribution < 1.29 is 9.53 Å². The van der Waals surface area contributed by atoms with Gasteiger partial charge in [-0.05, 0) is 38.0 Å². The number of hydrogen-bond acceptors (Lipinski definition) is 4. The van der Waals surface area contributed by atoms with Crippen LogP contribution in [0.1, 0.15) is 31.9 Å². The zero-order valence-electron chi connectivity index (χ0n) is 14.7. The van der Waals surface area contributed by atoms with Crippen molar-refractivity contribution in [1.82, 2.24) is 14.8 Å². The summed E-state index contributed by atoms with van der Waals surface area (Å²) in [6.07, 6.45) is 4.44. The molecule has 1 N–H and O–H groups in total. The monoisotopic (exact) mass is 338 g/mol. The van der Waals surface area contributed by atoms with Gasteiger partial charge in [-0.2, -0.15) is 5.10 Å². The number of pyridine rings is 1. The second kappa shape index (κ2) is 7.34. The van der Waals surface area contributed by atoms with Crippen molar-refractivity contribution in [2.75, 3.05) is 12.4 Å². The maximum atomic E-state index is 12.2. The van der Waals surface area contributed by atoms with Crippen molar-refractivity contribution in [3.8, 4) is 5.75 Å². The highest BCUT2D eigenvalue weighted by molar-refractivity contribution is 5.92. The quantitative estimate of drug-likeness (QED) is 0.746. The van der Waals surface area contributed by atoms with Crippen LogP contribution in [0, 0.1) is 0 Å². The van der Waals surface area contributed by atoms with E-state index in [1.54, 1.807) is 19.5 Å². The first kappa shape index (κ1) is 17.0.